The summed E-state index contributed by atoms with van der Waals surface area (Å²) in [6, 6.07) is 5.94. The molecule has 2 aliphatic rings. The zero-order valence-electron chi connectivity index (χ0n) is 15.1. The zero-order chi connectivity index (χ0) is 19.4. The summed E-state index contributed by atoms with van der Waals surface area (Å²) in [7, 11) is 0. The molecule has 2 aliphatic carbocycles. The minimum Gasteiger partial charge on any atom is -0.390 e. The molecule has 3 N–H and O–H groups in total. The number of carbonyl (C=O) groups excluding carboxylic acids is 1. The van der Waals surface area contributed by atoms with Crippen LogP contribution in [0.25, 0.3) is 0 Å². The molecule has 27 heavy (non-hydrogen) atoms. The Hall–Kier alpha value is -1.80. The summed E-state index contributed by atoms with van der Waals surface area (Å²) >= 11 is 0. The topological polar surface area (TPSA) is 88.0 Å². The van der Waals surface area contributed by atoms with Gasteiger partial charge in [-0.25, -0.2) is 4.39 Å². The minimum absolute atomic E-state index is 0.0398. The SMILES string of the molecule is C=CCO[C@H]1C[C@](OCc2ccc(F)cc2)(C(=O)NC2CC2)C[C@@H](O)[C@H]1O. The molecule has 0 heterocycles. The maximum atomic E-state index is 13.1. The second-order valence-electron chi connectivity index (χ2n) is 7.28. The summed E-state index contributed by atoms with van der Waals surface area (Å²) in [4.78, 5) is 13.0. The van der Waals surface area contributed by atoms with Crippen LogP contribution in [0, 0.1) is 5.82 Å². The van der Waals surface area contributed by atoms with Crippen LogP contribution in [0.2, 0.25) is 0 Å². The molecule has 2 fully saturated rings. The summed E-state index contributed by atoms with van der Waals surface area (Å²) in [6.45, 7) is 3.85. The first kappa shape index (κ1) is 19.9. The fraction of sp³-hybridized carbons (Fsp3) is 0.550. The maximum absolute atomic E-state index is 13.1. The van der Waals surface area contributed by atoms with Crippen molar-refractivity contribution in [1.29, 1.82) is 0 Å². The van der Waals surface area contributed by atoms with Crippen LogP contribution in [0.5, 0.6) is 0 Å². The number of nitrogens with one attached hydrogen (secondary N) is 1. The first-order chi connectivity index (χ1) is 12.9. The van der Waals surface area contributed by atoms with E-state index in [9.17, 15) is 19.4 Å². The second-order valence-corrected chi connectivity index (χ2v) is 7.28. The van der Waals surface area contributed by atoms with E-state index in [2.05, 4.69) is 11.9 Å². The fourth-order valence-electron chi connectivity index (χ4n) is 3.30. The Kier molecular flexibility index (Phi) is 6.26. The number of halogens is 1. The van der Waals surface area contributed by atoms with Crippen molar-refractivity contribution in [2.45, 2.75) is 62.2 Å². The normalized spacial score (nSPS) is 30.7. The van der Waals surface area contributed by atoms with Crippen LogP contribution >= 0.6 is 0 Å². The van der Waals surface area contributed by atoms with Gasteiger partial charge in [-0.1, -0.05) is 18.2 Å². The Morgan fingerprint density at radius 1 is 1.30 bits per heavy atom. The Balaban J connectivity index is 1.78. The molecule has 0 aliphatic heterocycles. The molecule has 0 bridgehead atoms. The van der Waals surface area contributed by atoms with Gasteiger partial charge < -0.3 is 25.0 Å². The number of aliphatic hydroxyl groups excluding tert-OH is 2. The fourth-order valence-corrected chi connectivity index (χ4v) is 3.30. The van der Waals surface area contributed by atoms with E-state index in [0.29, 0.717) is 5.56 Å². The third-order valence-electron chi connectivity index (χ3n) is 5.03. The number of ether oxygens (including phenoxy) is 2. The van der Waals surface area contributed by atoms with Crippen LogP contribution in [0.1, 0.15) is 31.2 Å². The molecule has 4 atom stereocenters. The molecule has 0 aromatic heterocycles. The van der Waals surface area contributed by atoms with Crippen molar-refractivity contribution in [2.24, 2.45) is 0 Å². The highest BCUT2D eigenvalue weighted by Crippen LogP contribution is 2.36. The van der Waals surface area contributed by atoms with E-state index in [1.54, 1.807) is 18.2 Å². The van der Waals surface area contributed by atoms with E-state index in [1.807, 2.05) is 0 Å². The second kappa shape index (κ2) is 8.48. The van der Waals surface area contributed by atoms with Gasteiger partial charge in [0.2, 0.25) is 0 Å². The molecule has 0 unspecified atom stereocenters. The third-order valence-corrected chi connectivity index (χ3v) is 5.03. The number of rotatable bonds is 8. The highest BCUT2D eigenvalue weighted by molar-refractivity contribution is 5.86. The molecule has 3 rings (SSSR count). The van der Waals surface area contributed by atoms with Gasteiger partial charge in [-0.05, 0) is 30.5 Å². The van der Waals surface area contributed by atoms with Crippen LogP contribution < -0.4 is 5.32 Å². The van der Waals surface area contributed by atoms with E-state index in [1.165, 1.54) is 12.1 Å². The predicted octanol–water partition coefficient (Wildman–Crippen LogP) is 1.45. The molecule has 0 saturated heterocycles. The average Bonchev–Trinajstić information content (AvgIpc) is 3.46. The third kappa shape index (κ3) is 4.93. The first-order valence-corrected chi connectivity index (χ1v) is 9.21. The van der Waals surface area contributed by atoms with Gasteiger partial charge in [0.15, 0.2) is 5.60 Å². The molecule has 7 heteroatoms. The van der Waals surface area contributed by atoms with Gasteiger partial charge in [0.05, 0.1) is 25.4 Å². The minimum atomic E-state index is -1.33. The molecule has 0 radical (unpaired) electrons. The molecule has 2 saturated carbocycles. The smallest absolute Gasteiger partial charge is 0.252 e. The molecule has 6 nitrogen and oxygen atoms in total. The van der Waals surface area contributed by atoms with Gasteiger partial charge in [-0.15, -0.1) is 6.58 Å². The van der Waals surface area contributed by atoms with Crippen LogP contribution in [0.3, 0.4) is 0 Å². The van der Waals surface area contributed by atoms with Gasteiger partial charge >= 0.3 is 0 Å². The monoisotopic (exact) mass is 379 g/mol. The van der Waals surface area contributed by atoms with Gasteiger partial charge in [-0.2, -0.15) is 0 Å². The summed E-state index contributed by atoms with van der Waals surface area (Å²) in [5, 5.41) is 23.5. The van der Waals surface area contributed by atoms with Gasteiger partial charge in [0.1, 0.15) is 11.9 Å². The lowest BCUT2D eigenvalue weighted by Crippen LogP contribution is -2.61. The van der Waals surface area contributed by atoms with Gasteiger partial charge in [0, 0.05) is 18.9 Å². The largest absolute Gasteiger partial charge is 0.390 e. The van der Waals surface area contributed by atoms with Crippen molar-refractivity contribution >= 4 is 5.91 Å². The molecule has 0 spiro atoms. The number of aliphatic hydroxyl groups is 2. The van der Waals surface area contributed by atoms with Crippen molar-refractivity contribution in [3.63, 3.8) is 0 Å². The van der Waals surface area contributed by atoms with E-state index >= 15 is 0 Å². The van der Waals surface area contributed by atoms with E-state index < -0.39 is 23.9 Å². The highest BCUT2D eigenvalue weighted by atomic mass is 19.1. The first-order valence-electron chi connectivity index (χ1n) is 9.21. The molecular formula is C20H26FNO5. The zero-order valence-corrected chi connectivity index (χ0v) is 15.1. The Bertz CT molecular complexity index is 663. The lowest BCUT2D eigenvalue weighted by Gasteiger charge is -2.43. The summed E-state index contributed by atoms with van der Waals surface area (Å²) in [6.07, 6.45) is 0.417. The lowest BCUT2D eigenvalue weighted by atomic mass is 9.78. The standard InChI is InChI=1S/C20H26FNO5/c1-2-9-26-17-11-20(10-16(23)18(17)24,19(25)22-15-7-8-15)27-12-13-3-5-14(21)6-4-13/h2-6,15-18,23-24H,1,7-12H2,(H,22,25)/t16-,17+,18-,20+/m1/s1. The van der Waals surface area contributed by atoms with Crippen molar-refractivity contribution in [2.75, 3.05) is 6.61 Å². The summed E-state index contributed by atoms with van der Waals surface area (Å²) < 4.78 is 24.7. The van der Waals surface area contributed by atoms with Gasteiger partial charge in [-0.3, -0.25) is 4.79 Å². The van der Waals surface area contributed by atoms with Crippen molar-refractivity contribution in [3.05, 3.63) is 48.3 Å². The van der Waals surface area contributed by atoms with Crippen molar-refractivity contribution < 1.29 is 28.9 Å². The molecule has 1 aromatic rings. The molecule has 1 amide bonds. The summed E-state index contributed by atoms with van der Waals surface area (Å²) in [5.74, 6) is -0.667. The van der Waals surface area contributed by atoms with Gasteiger partial charge in [0.25, 0.3) is 5.91 Å². The molecular weight excluding hydrogens is 353 g/mol. The maximum Gasteiger partial charge on any atom is 0.252 e. The quantitative estimate of drug-likeness (QED) is 0.595. The number of hydrogen-bond donors (Lipinski definition) is 3. The lowest BCUT2D eigenvalue weighted by molar-refractivity contribution is -0.196. The molecule has 148 valence electrons. The number of benzene rings is 1. The van der Waals surface area contributed by atoms with E-state index in [-0.39, 0.29) is 43.8 Å². The van der Waals surface area contributed by atoms with Crippen LogP contribution in [-0.4, -0.2) is 52.7 Å². The van der Waals surface area contributed by atoms with E-state index in [0.717, 1.165) is 12.8 Å². The van der Waals surface area contributed by atoms with Crippen molar-refractivity contribution in [3.8, 4) is 0 Å². The van der Waals surface area contributed by atoms with E-state index in [4.69, 9.17) is 9.47 Å². The average molecular weight is 379 g/mol. The molecule has 1 aromatic carbocycles. The number of carbonyl (C=O) groups is 1. The number of amides is 1. The Labute approximate surface area is 158 Å². The Morgan fingerprint density at radius 3 is 2.63 bits per heavy atom. The summed E-state index contributed by atoms with van der Waals surface area (Å²) in [5.41, 5.74) is -0.624. The predicted molar refractivity (Wildman–Crippen MR) is 96.3 cm³/mol. The van der Waals surface area contributed by atoms with Crippen molar-refractivity contribution in [1.82, 2.24) is 5.32 Å². The highest BCUT2D eigenvalue weighted by Gasteiger charge is 2.52. The number of hydrogen-bond acceptors (Lipinski definition) is 5. The Morgan fingerprint density at radius 2 is 2.00 bits per heavy atom. The van der Waals surface area contributed by atoms with Crippen LogP contribution in [0.15, 0.2) is 36.9 Å². The van der Waals surface area contributed by atoms with Crippen LogP contribution in [-0.2, 0) is 20.9 Å². The van der Waals surface area contributed by atoms with Crippen LogP contribution in [0.4, 0.5) is 4.39 Å².